The SMILES string of the molecule is OC1(c2cn[nH]n2)CCN(c2nc(Cc3ccccc3)ns2)CC1. The van der Waals surface area contributed by atoms with Gasteiger partial charge in [0.15, 0.2) is 0 Å². The fraction of sp³-hybridized carbons (Fsp3) is 0.375. The molecule has 0 radical (unpaired) electrons. The first-order valence-electron chi connectivity index (χ1n) is 7.93. The van der Waals surface area contributed by atoms with E-state index in [0.29, 0.717) is 18.5 Å². The highest BCUT2D eigenvalue weighted by Gasteiger charge is 2.36. The first-order chi connectivity index (χ1) is 11.7. The second-order valence-electron chi connectivity index (χ2n) is 6.03. The van der Waals surface area contributed by atoms with Crippen LogP contribution in [0.4, 0.5) is 5.13 Å². The molecule has 7 nitrogen and oxygen atoms in total. The Morgan fingerprint density at radius 2 is 2.00 bits per heavy atom. The molecule has 0 spiro atoms. The van der Waals surface area contributed by atoms with Crippen molar-refractivity contribution in [3.63, 3.8) is 0 Å². The van der Waals surface area contributed by atoms with E-state index in [1.54, 1.807) is 6.20 Å². The second kappa shape index (κ2) is 6.29. The summed E-state index contributed by atoms with van der Waals surface area (Å²) in [4.78, 5) is 6.84. The van der Waals surface area contributed by atoms with Gasteiger partial charge in [-0.15, -0.1) is 0 Å². The number of hydrogen-bond donors (Lipinski definition) is 2. The van der Waals surface area contributed by atoms with Crippen molar-refractivity contribution in [2.45, 2.75) is 24.9 Å². The van der Waals surface area contributed by atoms with Gasteiger partial charge in [0.1, 0.15) is 17.1 Å². The van der Waals surface area contributed by atoms with E-state index in [0.717, 1.165) is 30.5 Å². The minimum absolute atomic E-state index is 0.604. The summed E-state index contributed by atoms with van der Waals surface area (Å²) in [5.74, 6) is 0.846. The molecule has 1 aromatic carbocycles. The Hall–Kier alpha value is -2.32. The summed E-state index contributed by atoms with van der Waals surface area (Å²) in [6.07, 6.45) is 3.55. The van der Waals surface area contributed by atoms with Crippen molar-refractivity contribution in [1.29, 1.82) is 0 Å². The lowest BCUT2D eigenvalue weighted by molar-refractivity contribution is 0.00753. The molecule has 3 heterocycles. The molecule has 0 bridgehead atoms. The molecule has 2 N–H and O–H groups in total. The predicted octanol–water partition coefficient (Wildman–Crippen LogP) is 1.74. The number of anilines is 1. The van der Waals surface area contributed by atoms with Crippen molar-refractivity contribution in [3.8, 4) is 0 Å². The smallest absolute Gasteiger partial charge is 0.205 e. The quantitative estimate of drug-likeness (QED) is 0.750. The van der Waals surface area contributed by atoms with E-state index < -0.39 is 5.60 Å². The number of piperidine rings is 1. The minimum atomic E-state index is -0.902. The van der Waals surface area contributed by atoms with Crippen LogP contribution in [0.15, 0.2) is 36.5 Å². The Bertz CT molecular complexity index is 780. The lowest BCUT2D eigenvalue weighted by Gasteiger charge is -2.36. The van der Waals surface area contributed by atoms with Crippen LogP contribution in [-0.4, -0.2) is 43.0 Å². The Labute approximate surface area is 143 Å². The van der Waals surface area contributed by atoms with Crippen molar-refractivity contribution in [1.82, 2.24) is 24.8 Å². The number of nitrogens with one attached hydrogen (secondary N) is 1. The molecule has 1 saturated heterocycles. The number of rotatable bonds is 4. The van der Waals surface area contributed by atoms with Gasteiger partial charge in [0.25, 0.3) is 0 Å². The predicted molar refractivity (Wildman–Crippen MR) is 90.9 cm³/mol. The van der Waals surface area contributed by atoms with Crippen molar-refractivity contribution in [2.24, 2.45) is 0 Å². The van der Waals surface area contributed by atoms with Gasteiger partial charge in [0, 0.05) is 31.0 Å². The van der Waals surface area contributed by atoms with Crippen LogP contribution in [0.5, 0.6) is 0 Å². The van der Waals surface area contributed by atoms with Crippen LogP contribution in [0.3, 0.4) is 0 Å². The molecular formula is C16H18N6OS. The number of hydrogen-bond acceptors (Lipinski definition) is 7. The Morgan fingerprint density at radius 1 is 1.21 bits per heavy atom. The van der Waals surface area contributed by atoms with Crippen LogP contribution in [0.25, 0.3) is 0 Å². The maximum Gasteiger partial charge on any atom is 0.205 e. The zero-order chi connectivity index (χ0) is 16.4. The molecule has 0 aliphatic carbocycles. The number of aliphatic hydroxyl groups is 1. The normalized spacial score (nSPS) is 17.1. The molecule has 2 aromatic heterocycles. The standard InChI is InChI=1S/C16H18N6OS/c23-16(13-11-17-21-19-13)6-8-22(9-7-16)15-18-14(20-24-15)10-12-4-2-1-3-5-12/h1-5,11,23H,6-10H2,(H,17,19,21). The van der Waals surface area contributed by atoms with Gasteiger partial charge in [-0.25, -0.2) is 4.98 Å². The largest absolute Gasteiger partial charge is 0.383 e. The van der Waals surface area contributed by atoms with E-state index in [1.807, 2.05) is 18.2 Å². The topological polar surface area (TPSA) is 90.8 Å². The Balaban J connectivity index is 1.41. The number of aromatic amines is 1. The highest BCUT2D eigenvalue weighted by molar-refractivity contribution is 7.09. The van der Waals surface area contributed by atoms with Crippen molar-refractivity contribution in [3.05, 3.63) is 53.6 Å². The highest BCUT2D eigenvalue weighted by Crippen LogP contribution is 2.33. The summed E-state index contributed by atoms with van der Waals surface area (Å²) in [5.41, 5.74) is 0.922. The average molecular weight is 342 g/mol. The van der Waals surface area contributed by atoms with Gasteiger partial charge in [-0.1, -0.05) is 30.3 Å². The van der Waals surface area contributed by atoms with Gasteiger partial charge in [-0.3, -0.25) is 0 Å². The summed E-state index contributed by atoms with van der Waals surface area (Å²) in [6.45, 7) is 1.45. The number of benzene rings is 1. The fourth-order valence-corrected chi connectivity index (χ4v) is 3.71. The van der Waals surface area contributed by atoms with Crippen molar-refractivity contribution < 1.29 is 5.11 Å². The molecule has 8 heteroatoms. The summed E-state index contributed by atoms with van der Waals surface area (Å²) in [5, 5.41) is 22.0. The molecule has 4 rings (SSSR count). The van der Waals surface area contributed by atoms with E-state index >= 15 is 0 Å². The molecule has 1 aliphatic rings. The van der Waals surface area contributed by atoms with Gasteiger partial charge >= 0.3 is 0 Å². The molecule has 1 fully saturated rings. The highest BCUT2D eigenvalue weighted by atomic mass is 32.1. The summed E-state index contributed by atoms with van der Waals surface area (Å²) < 4.78 is 4.47. The third-order valence-corrected chi connectivity index (χ3v) is 5.23. The van der Waals surface area contributed by atoms with E-state index in [9.17, 15) is 5.11 Å². The zero-order valence-corrected chi connectivity index (χ0v) is 13.9. The van der Waals surface area contributed by atoms with Crippen LogP contribution < -0.4 is 4.90 Å². The van der Waals surface area contributed by atoms with E-state index in [1.165, 1.54) is 17.1 Å². The molecule has 24 heavy (non-hydrogen) atoms. The zero-order valence-electron chi connectivity index (χ0n) is 13.1. The lowest BCUT2D eigenvalue weighted by Crippen LogP contribution is -2.42. The molecule has 0 atom stereocenters. The first kappa shape index (κ1) is 15.2. The average Bonchev–Trinajstić information content (AvgIpc) is 3.29. The van der Waals surface area contributed by atoms with Crippen molar-refractivity contribution >= 4 is 16.7 Å². The maximum absolute atomic E-state index is 10.7. The third kappa shape index (κ3) is 3.02. The number of nitrogens with zero attached hydrogens (tertiary/aromatic N) is 5. The molecule has 3 aromatic rings. The van der Waals surface area contributed by atoms with Gasteiger partial charge < -0.3 is 10.0 Å². The minimum Gasteiger partial charge on any atom is -0.383 e. The van der Waals surface area contributed by atoms with E-state index in [4.69, 9.17) is 0 Å². The summed E-state index contributed by atoms with van der Waals surface area (Å²) in [6, 6.07) is 10.2. The van der Waals surface area contributed by atoms with Crippen LogP contribution in [0.2, 0.25) is 0 Å². The van der Waals surface area contributed by atoms with Gasteiger partial charge in [0.05, 0.1) is 6.20 Å². The van der Waals surface area contributed by atoms with Gasteiger partial charge in [-0.2, -0.15) is 19.8 Å². The van der Waals surface area contributed by atoms with Crippen LogP contribution in [0.1, 0.15) is 29.9 Å². The summed E-state index contributed by atoms with van der Waals surface area (Å²) in [7, 11) is 0. The second-order valence-corrected chi connectivity index (χ2v) is 6.76. The van der Waals surface area contributed by atoms with E-state index in [-0.39, 0.29) is 0 Å². The monoisotopic (exact) mass is 342 g/mol. The lowest BCUT2D eigenvalue weighted by atomic mass is 9.89. The third-order valence-electron chi connectivity index (χ3n) is 4.42. The van der Waals surface area contributed by atoms with E-state index in [2.05, 4.69) is 41.8 Å². The molecule has 1 aliphatic heterocycles. The number of aromatic nitrogens is 5. The fourth-order valence-electron chi connectivity index (χ4n) is 2.97. The summed E-state index contributed by atoms with van der Waals surface area (Å²) >= 11 is 1.42. The molecular weight excluding hydrogens is 324 g/mol. The van der Waals surface area contributed by atoms with Gasteiger partial charge in [0.2, 0.25) is 5.13 Å². The van der Waals surface area contributed by atoms with Crippen molar-refractivity contribution in [2.75, 3.05) is 18.0 Å². The first-order valence-corrected chi connectivity index (χ1v) is 8.70. The molecule has 124 valence electrons. The van der Waals surface area contributed by atoms with Crippen LogP contribution in [0, 0.1) is 0 Å². The Morgan fingerprint density at radius 3 is 2.71 bits per heavy atom. The van der Waals surface area contributed by atoms with Gasteiger partial charge in [-0.05, 0) is 18.4 Å². The molecule has 0 unspecified atom stereocenters. The van der Waals surface area contributed by atoms with Crippen LogP contribution in [-0.2, 0) is 12.0 Å². The van der Waals surface area contributed by atoms with Crippen LogP contribution >= 0.6 is 11.5 Å². The molecule has 0 amide bonds. The maximum atomic E-state index is 10.7. The molecule has 0 saturated carbocycles. The number of H-pyrrole nitrogens is 1. The Kier molecular flexibility index (Phi) is 3.99.